The molecule has 3 aliphatic heterocycles. The summed E-state index contributed by atoms with van der Waals surface area (Å²) in [5.74, 6) is 1.11. The average Bonchev–Trinajstić information content (AvgIpc) is 3.38. The quantitative estimate of drug-likeness (QED) is 0.755. The van der Waals surface area contributed by atoms with Gasteiger partial charge in [-0.15, -0.1) is 0 Å². The van der Waals surface area contributed by atoms with Crippen LogP contribution in [0.4, 0.5) is 10.5 Å². The van der Waals surface area contributed by atoms with Gasteiger partial charge in [-0.05, 0) is 43.7 Å². The van der Waals surface area contributed by atoms with Crippen LogP contribution in [0.1, 0.15) is 44.9 Å². The molecule has 2 aliphatic carbocycles. The molecule has 1 aromatic rings. The smallest absolute Gasteiger partial charge is 0.331 e. The van der Waals surface area contributed by atoms with Crippen LogP contribution in [0.3, 0.4) is 0 Å². The van der Waals surface area contributed by atoms with E-state index in [1.165, 1.54) is 4.90 Å². The van der Waals surface area contributed by atoms with Crippen LogP contribution in [-0.2, 0) is 9.53 Å². The van der Waals surface area contributed by atoms with Crippen LogP contribution in [0.25, 0.3) is 0 Å². The first kappa shape index (κ1) is 21.2. The van der Waals surface area contributed by atoms with E-state index in [1.54, 1.807) is 25.3 Å². The van der Waals surface area contributed by atoms with Crippen molar-refractivity contribution in [1.29, 1.82) is 0 Å². The van der Waals surface area contributed by atoms with Crippen molar-refractivity contribution in [3.63, 3.8) is 0 Å². The fourth-order valence-corrected chi connectivity index (χ4v) is 6.93. The van der Waals surface area contributed by atoms with Crippen molar-refractivity contribution < 1.29 is 23.8 Å². The Labute approximate surface area is 194 Å². The zero-order chi connectivity index (χ0) is 22.5. The summed E-state index contributed by atoms with van der Waals surface area (Å²) in [5, 5.41) is 3.64. The summed E-state index contributed by atoms with van der Waals surface area (Å²) in [5.41, 5.74) is 0.566. The SMILES string of the molecule is COC1CCCC2C1NCC1C(=O)N(c3ccc4c(c3)OCCO4)C(=O)N(C3CCCC3)C12. The molecule has 4 fully saturated rings. The zero-order valence-corrected chi connectivity index (χ0v) is 19.2. The van der Waals surface area contributed by atoms with Gasteiger partial charge in [0, 0.05) is 31.8 Å². The zero-order valence-electron chi connectivity index (χ0n) is 19.2. The van der Waals surface area contributed by atoms with E-state index in [0.717, 1.165) is 44.9 Å². The molecule has 3 heterocycles. The maximum atomic E-state index is 14.1. The fraction of sp³-hybridized carbons (Fsp3) is 0.680. The number of carbonyl (C=O) groups excluding carboxylic acids is 2. The highest BCUT2D eigenvalue weighted by Crippen LogP contribution is 2.44. The monoisotopic (exact) mass is 455 g/mol. The first-order chi connectivity index (χ1) is 16.2. The number of carbonyl (C=O) groups is 2. The first-order valence-electron chi connectivity index (χ1n) is 12.5. The minimum absolute atomic E-state index is 0.0641. The lowest BCUT2D eigenvalue weighted by molar-refractivity contribution is -0.131. The van der Waals surface area contributed by atoms with Crippen LogP contribution in [0.2, 0.25) is 0 Å². The maximum absolute atomic E-state index is 14.1. The number of benzene rings is 1. The molecular weight excluding hydrogens is 422 g/mol. The highest BCUT2D eigenvalue weighted by molar-refractivity contribution is 6.17. The van der Waals surface area contributed by atoms with Crippen LogP contribution in [0.5, 0.6) is 11.5 Å². The highest BCUT2D eigenvalue weighted by atomic mass is 16.6. The Balaban J connectivity index is 1.38. The molecule has 2 saturated heterocycles. The summed E-state index contributed by atoms with van der Waals surface area (Å²) >= 11 is 0. The van der Waals surface area contributed by atoms with E-state index >= 15 is 0 Å². The van der Waals surface area contributed by atoms with E-state index in [4.69, 9.17) is 14.2 Å². The molecule has 8 nitrogen and oxygen atoms in total. The highest BCUT2D eigenvalue weighted by Gasteiger charge is 2.56. The van der Waals surface area contributed by atoms with Crippen molar-refractivity contribution in [1.82, 2.24) is 10.2 Å². The number of methoxy groups -OCH3 is 1. The third-order valence-electron chi connectivity index (χ3n) is 8.39. The third kappa shape index (κ3) is 3.41. The summed E-state index contributed by atoms with van der Waals surface area (Å²) in [4.78, 5) is 31.4. The van der Waals surface area contributed by atoms with E-state index in [9.17, 15) is 9.59 Å². The molecule has 2 saturated carbocycles. The maximum Gasteiger partial charge on any atom is 0.331 e. The molecule has 0 spiro atoms. The van der Waals surface area contributed by atoms with Gasteiger partial charge in [0.05, 0.1) is 23.8 Å². The van der Waals surface area contributed by atoms with E-state index < -0.39 is 0 Å². The molecule has 33 heavy (non-hydrogen) atoms. The molecule has 8 heteroatoms. The van der Waals surface area contributed by atoms with Crippen LogP contribution in [0.15, 0.2) is 18.2 Å². The Morgan fingerprint density at radius 1 is 1.00 bits per heavy atom. The Bertz CT molecular complexity index is 933. The predicted molar refractivity (Wildman–Crippen MR) is 122 cm³/mol. The van der Waals surface area contributed by atoms with Gasteiger partial charge < -0.3 is 24.4 Å². The average molecular weight is 456 g/mol. The van der Waals surface area contributed by atoms with Gasteiger partial charge in [0.25, 0.3) is 0 Å². The Morgan fingerprint density at radius 3 is 2.58 bits per heavy atom. The minimum Gasteiger partial charge on any atom is -0.486 e. The number of rotatable bonds is 3. The van der Waals surface area contributed by atoms with E-state index in [0.29, 0.717) is 36.9 Å². The lowest BCUT2D eigenvalue weighted by atomic mass is 9.69. The second-order valence-corrected chi connectivity index (χ2v) is 10.0. The molecule has 5 atom stereocenters. The number of anilines is 1. The first-order valence-corrected chi connectivity index (χ1v) is 12.5. The Morgan fingerprint density at radius 2 is 1.79 bits per heavy atom. The number of amides is 3. The fourth-order valence-electron chi connectivity index (χ4n) is 6.93. The third-order valence-corrected chi connectivity index (χ3v) is 8.39. The standard InChI is InChI=1S/C25H33N3O5/c1-31-20-8-4-7-17-22(20)26-14-18-23(17)27(15-5-2-3-6-15)25(30)28(24(18)29)16-9-10-19-21(13-16)33-12-11-32-19/h9-10,13,15,17-18,20,22-23,26H,2-8,11-12,14H2,1H3. The molecule has 0 radical (unpaired) electrons. The number of fused-ring (bicyclic) bond motifs is 4. The van der Waals surface area contributed by atoms with Crippen molar-refractivity contribution in [3.8, 4) is 11.5 Å². The van der Waals surface area contributed by atoms with Gasteiger partial charge in [0.1, 0.15) is 13.2 Å². The second-order valence-electron chi connectivity index (χ2n) is 10.0. The molecule has 3 amide bonds. The summed E-state index contributed by atoms with van der Waals surface area (Å²) in [6.07, 6.45) is 7.54. The molecule has 178 valence electrons. The van der Waals surface area contributed by atoms with Gasteiger partial charge in [-0.1, -0.05) is 19.3 Å². The number of urea groups is 1. The summed E-state index contributed by atoms with van der Waals surface area (Å²) in [6.45, 7) is 1.54. The van der Waals surface area contributed by atoms with Crippen molar-refractivity contribution in [2.45, 2.75) is 69.2 Å². The van der Waals surface area contributed by atoms with Crippen LogP contribution >= 0.6 is 0 Å². The normalized spacial score (nSPS) is 34.3. The Kier molecular flexibility index (Phi) is 5.45. The number of hydrogen-bond acceptors (Lipinski definition) is 6. The van der Waals surface area contributed by atoms with Gasteiger partial charge in [-0.25, -0.2) is 9.69 Å². The predicted octanol–water partition coefficient (Wildman–Crippen LogP) is 2.94. The largest absolute Gasteiger partial charge is 0.486 e. The van der Waals surface area contributed by atoms with Crippen LogP contribution in [0, 0.1) is 11.8 Å². The lowest BCUT2D eigenvalue weighted by Crippen LogP contribution is -2.73. The molecular formula is C25H33N3O5. The van der Waals surface area contributed by atoms with Crippen LogP contribution in [-0.4, -0.2) is 67.9 Å². The summed E-state index contributed by atoms with van der Waals surface area (Å²) < 4.78 is 17.2. The number of ether oxygens (including phenoxy) is 3. The van der Waals surface area contributed by atoms with E-state index in [1.807, 2.05) is 0 Å². The van der Waals surface area contributed by atoms with Crippen molar-refractivity contribution >= 4 is 17.6 Å². The molecule has 5 unspecified atom stereocenters. The topological polar surface area (TPSA) is 80.3 Å². The number of piperidine rings is 1. The molecule has 0 bridgehead atoms. The number of imide groups is 1. The van der Waals surface area contributed by atoms with Gasteiger partial charge in [0.15, 0.2) is 11.5 Å². The van der Waals surface area contributed by atoms with E-state index in [2.05, 4.69) is 10.2 Å². The number of nitrogens with zero attached hydrogens (tertiary/aromatic N) is 2. The van der Waals surface area contributed by atoms with Gasteiger partial charge in [-0.2, -0.15) is 0 Å². The van der Waals surface area contributed by atoms with Crippen molar-refractivity contribution in [3.05, 3.63) is 18.2 Å². The minimum atomic E-state index is -0.256. The number of nitrogens with one attached hydrogen (secondary N) is 1. The lowest BCUT2D eigenvalue weighted by Gasteiger charge is -2.56. The molecule has 6 rings (SSSR count). The van der Waals surface area contributed by atoms with Crippen LogP contribution < -0.4 is 19.7 Å². The number of hydrogen-bond donors (Lipinski definition) is 1. The van der Waals surface area contributed by atoms with Crippen molar-refractivity contribution in [2.75, 3.05) is 31.8 Å². The molecule has 5 aliphatic rings. The Hall–Kier alpha value is -2.32. The molecule has 1 aromatic carbocycles. The van der Waals surface area contributed by atoms with Gasteiger partial charge in [-0.3, -0.25) is 4.79 Å². The summed E-state index contributed by atoms with van der Waals surface area (Å²) in [7, 11) is 1.77. The second kappa shape index (κ2) is 8.47. The van der Waals surface area contributed by atoms with Gasteiger partial charge >= 0.3 is 6.03 Å². The van der Waals surface area contributed by atoms with Crippen molar-refractivity contribution in [2.24, 2.45) is 11.8 Å². The van der Waals surface area contributed by atoms with E-state index in [-0.39, 0.29) is 48.0 Å². The molecule has 0 aromatic heterocycles. The summed E-state index contributed by atoms with van der Waals surface area (Å²) in [6, 6.07) is 5.52. The van der Waals surface area contributed by atoms with Gasteiger partial charge in [0.2, 0.25) is 5.91 Å². The molecule has 1 N–H and O–H groups in total.